The number of nitrogens with one attached hydrogen (secondary N) is 1. The SMILES string of the molecule is COc1cc(NC(=O)[C@H]2CC(=O)N(c3ccc(F)cc3)C2)cc(OC)c1OC. The highest BCUT2D eigenvalue weighted by atomic mass is 19.1. The number of carbonyl (C=O) groups excluding carboxylic acids is 2. The molecule has 1 saturated heterocycles. The molecular formula is C20H21FN2O5. The van der Waals surface area contributed by atoms with E-state index in [4.69, 9.17) is 14.2 Å². The molecular weight excluding hydrogens is 367 g/mol. The topological polar surface area (TPSA) is 77.1 Å². The molecule has 0 aliphatic carbocycles. The van der Waals surface area contributed by atoms with E-state index in [1.807, 2.05) is 0 Å². The van der Waals surface area contributed by atoms with Crippen LogP contribution < -0.4 is 24.4 Å². The Kier molecular flexibility index (Phi) is 5.67. The smallest absolute Gasteiger partial charge is 0.229 e. The molecule has 148 valence electrons. The first-order chi connectivity index (χ1) is 13.5. The fraction of sp³-hybridized carbons (Fsp3) is 0.300. The number of benzene rings is 2. The summed E-state index contributed by atoms with van der Waals surface area (Å²) in [5.74, 6) is -0.158. The van der Waals surface area contributed by atoms with E-state index in [0.717, 1.165) is 0 Å². The minimum atomic E-state index is -0.531. The van der Waals surface area contributed by atoms with Gasteiger partial charge in [-0.3, -0.25) is 9.59 Å². The van der Waals surface area contributed by atoms with Crippen LogP contribution in [0.4, 0.5) is 15.8 Å². The Morgan fingerprint density at radius 1 is 1.07 bits per heavy atom. The summed E-state index contributed by atoms with van der Waals surface area (Å²) in [6, 6.07) is 8.85. The Morgan fingerprint density at radius 2 is 1.68 bits per heavy atom. The second-order valence-corrected chi connectivity index (χ2v) is 6.29. The zero-order valence-corrected chi connectivity index (χ0v) is 15.8. The average Bonchev–Trinajstić information content (AvgIpc) is 3.09. The van der Waals surface area contributed by atoms with Gasteiger partial charge < -0.3 is 24.4 Å². The fourth-order valence-corrected chi connectivity index (χ4v) is 3.15. The van der Waals surface area contributed by atoms with Crippen molar-refractivity contribution in [3.05, 3.63) is 42.2 Å². The molecule has 1 heterocycles. The van der Waals surface area contributed by atoms with Gasteiger partial charge in [-0.15, -0.1) is 0 Å². The van der Waals surface area contributed by atoms with Crippen molar-refractivity contribution in [1.82, 2.24) is 0 Å². The summed E-state index contributed by atoms with van der Waals surface area (Å²) in [6.45, 7) is 0.223. The third kappa shape index (κ3) is 3.85. The van der Waals surface area contributed by atoms with Crippen molar-refractivity contribution in [3.63, 3.8) is 0 Å². The zero-order chi connectivity index (χ0) is 20.3. The predicted molar refractivity (Wildman–Crippen MR) is 102 cm³/mol. The molecule has 28 heavy (non-hydrogen) atoms. The van der Waals surface area contributed by atoms with Crippen molar-refractivity contribution >= 4 is 23.2 Å². The van der Waals surface area contributed by atoms with Gasteiger partial charge in [0.25, 0.3) is 0 Å². The van der Waals surface area contributed by atoms with Crippen LogP contribution in [0.15, 0.2) is 36.4 Å². The van der Waals surface area contributed by atoms with Gasteiger partial charge in [-0.2, -0.15) is 0 Å². The van der Waals surface area contributed by atoms with Crippen LogP contribution in [0, 0.1) is 11.7 Å². The number of rotatable bonds is 6. The van der Waals surface area contributed by atoms with Crippen molar-refractivity contribution in [2.45, 2.75) is 6.42 Å². The molecule has 1 aliphatic heterocycles. The molecule has 0 bridgehead atoms. The highest BCUT2D eigenvalue weighted by Gasteiger charge is 2.35. The van der Waals surface area contributed by atoms with Crippen molar-refractivity contribution in [2.24, 2.45) is 5.92 Å². The van der Waals surface area contributed by atoms with Crippen LogP contribution in [0.25, 0.3) is 0 Å². The van der Waals surface area contributed by atoms with E-state index < -0.39 is 5.92 Å². The Labute approximate surface area is 162 Å². The second-order valence-electron chi connectivity index (χ2n) is 6.29. The van der Waals surface area contributed by atoms with Gasteiger partial charge >= 0.3 is 0 Å². The summed E-state index contributed by atoms with van der Waals surface area (Å²) in [5, 5.41) is 2.79. The minimum absolute atomic E-state index is 0.0770. The third-order valence-electron chi connectivity index (χ3n) is 4.57. The molecule has 2 amide bonds. The lowest BCUT2D eigenvalue weighted by Gasteiger charge is -2.17. The van der Waals surface area contributed by atoms with Crippen LogP contribution in [0.2, 0.25) is 0 Å². The van der Waals surface area contributed by atoms with Crippen molar-refractivity contribution in [2.75, 3.05) is 38.1 Å². The van der Waals surface area contributed by atoms with E-state index in [0.29, 0.717) is 28.6 Å². The summed E-state index contributed by atoms with van der Waals surface area (Å²) >= 11 is 0. The number of amides is 2. The van der Waals surface area contributed by atoms with Crippen LogP contribution in [0.1, 0.15) is 6.42 Å². The van der Waals surface area contributed by atoms with Gasteiger partial charge in [0.2, 0.25) is 17.6 Å². The van der Waals surface area contributed by atoms with Crippen LogP contribution >= 0.6 is 0 Å². The molecule has 0 saturated carbocycles. The van der Waals surface area contributed by atoms with Crippen LogP contribution in [-0.4, -0.2) is 39.7 Å². The molecule has 1 fully saturated rings. The van der Waals surface area contributed by atoms with Gasteiger partial charge in [0, 0.05) is 36.5 Å². The quantitative estimate of drug-likeness (QED) is 0.824. The monoisotopic (exact) mass is 388 g/mol. The minimum Gasteiger partial charge on any atom is -0.493 e. The number of anilines is 2. The number of carbonyl (C=O) groups is 2. The average molecular weight is 388 g/mol. The third-order valence-corrected chi connectivity index (χ3v) is 4.57. The molecule has 1 N–H and O–H groups in total. The zero-order valence-electron chi connectivity index (χ0n) is 15.8. The molecule has 0 aromatic heterocycles. The maximum atomic E-state index is 13.1. The van der Waals surface area contributed by atoms with Crippen LogP contribution in [0.5, 0.6) is 17.2 Å². The van der Waals surface area contributed by atoms with Crippen LogP contribution in [-0.2, 0) is 9.59 Å². The first-order valence-corrected chi connectivity index (χ1v) is 8.63. The summed E-state index contributed by atoms with van der Waals surface area (Å²) in [5.41, 5.74) is 1.03. The number of hydrogen-bond acceptors (Lipinski definition) is 5. The molecule has 0 spiro atoms. The highest BCUT2D eigenvalue weighted by molar-refractivity contribution is 6.03. The summed E-state index contributed by atoms with van der Waals surface area (Å²) < 4.78 is 28.9. The molecule has 3 rings (SSSR count). The molecule has 2 aromatic carbocycles. The van der Waals surface area contributed by atoms with Gasteiger partial charge in [0.1, 0.15) is 5.82 Å². The Hall–Kier alpha value is -3.29. The summed E-state index contributed by atoms with van der Waals surface area (Å²) in [4.78, 5) is 26.5. The molecule has 1 aliphatic rings. The van der Waals surface area contributed by atoms with E-state index in [-0.39, 0.29) is 30.6 Å². The lowest BCUT2D eigenvalue weighted by atomic mass is 10.1. The van der Waals surface area contributed by atoms with Crippen molar-refractivity contribution < 1.29 is 28.2 Å². The Bertz CT molecular complexity index is 860. The maximum absolute atomic E-state index is 13.1. The first kappa shape index (κ1) is 19.5. The lowest BCUT2D eigenvalue weighted by molar-refractivity contribution is -0.122. The van der Waals surface area contributed by atoms with E-state index in [1.54, 1.807) is 12.1 Å². The number of halogens is 1. The maximum Gasteiger partial charge on any atom is 0.229 e. The number of nitrogens with zero attached hydrogens (tertiary/aromatic N) is 1. The summed E-state index contributed by atoms with van der Waals surface area (Å²) in [7, 11) is 4.46. The van der Waals surface area contributed by atoms with Crippen LogP contribution in [0.3, 0.4) is 0 Å². The molecule has 7 nitrogen and oxygen atoms in total. The second kappa shape index (κ2) is 8.16. The molecule has 0 radical (unpaired) electrons. The van der Waals surface area contributed by atoms with E-state index >= 15 is 0 Å². The molecule has 8 heteroatoms. The highest BCUT2D eigenvalue weighted by Crippen LogP contribution is 2.40. The van der Waals surface area contributed by atoms with Crippen molar-refractivity contribution in [1.29, 1.82) is 0 Å². The first-order valence-electron chi connectivity index (χ1n) is 8.63. The van der Waals surface area contributed by atoms with Gasteiger partial charge in [-0.05, 0) is 24.3 Å². The summed E-state index contributed by atoms with van der Waals surface area (Å²) in [6.07, 6.45) is 0.0770. The van der Waals surface area contributed by atoms with E-state index in [1.165, 1.54) is 50.5 Å². The standard InChI is InChI=1S/C20H21FN2O5/c1-26-16-9-14(10-17(27-2)19(16)28-3)22-20(25)12-8-18(24)23(11-12)15-6-4-13(21)5-7-15/h4-7,9-10,12H,8,11H2,1-3H3,(H,22,25)/t12-/m0/s1. The lowest BCUT2D eigenvalue weighted by Crippen LogP contribution is -2.28. The largest absolute Gasteiger partial charge is 0.493 e. The van der Waals surface area contributed by atoms with E-state index in [9.17, 15) is 14.0 Å². The molecule has 0 unspecified atom stereocenters. The molecule has 2 aromatic rings. The van der Waals surface area contributed by atoms with Gasteiger partial charge in [-0.25, -0.2) is 4.39 Å². The number of ether oxygens (including phenoxy) is 3. The van der Waals surface area contributed by atoms with Gasteiger partial charge in [0.05, 0.1) is 27.2 Å². The van der Waals surface area contributed by atoms with Gasteiger partial charge in [0.15, 0.2) is 11.5 Å². The predicted octanol–water partition coefficient (Wildman–Crippen LogP) is 2.84. The van der Waals surface area contributed by atoms with Crippen molar-refractivity contribution in [3.8, 4) is 17.2 Å². The van der Waals surface area contributed by atoms with Gasteiger partial charge in [-0.1, -0.05) is 0 Å². The van der Waals surface area contributed by atoms with E-state index in [2.05, 4.69) is 5.32 Å². The fourth-order valence-electron chi connectivity index (χ4n) is 3.15. The normalized spacial score (nSPS) is 16.1. The Balaban J connectivity index is 1.75. The Morgan fingerprint density at radius 3 is 2.21 bits per heavy atom. The number of methoxy groups -OCH3 is 3. The molecule has 1 atom stereocenters. The number of hydrogen-bond donors (Lipinski definition) is 1.